The fourth-order valence-electron chi connectivity index (χ4n) is 2.23. The lowest BCUT2D eigenvalue weighted by Gasteiger charge is -2.05. The highest BCUT2D eigenvalue weighted by Crippen LogP contribution is 2.27. The van der Waals surface area contributed by atoms with E-state index in [1.165, 1.54) is 0 Å². The molecule has 2 amide bonds. The third-order valence-corrected chi connectivity index (χ3v) is 3.22. The second-order valence-corrected chi connectivity index (χ2v) is 4.45. The van der Waals surface area contributed by atoms with Gasteiger partial charge in [-0.15, -0.1) is 0 Å². The molecule has 0 bridgehead atoms. The summed E-state index contributed by atoms with van der Waals surface area (Å²) in [4.78, 5) is 25.6. The molecule has 0 saturated heterocycles. The zero-order chi connectivity index (χ0) is 15.4. The fourth-order valence-corrected chi connectivity index (χ4v) is 2.23. The third kappa shape index (κ3) is 3.07. The van der Waals surface area contributed by atoms with E-state index in [4.69, 9.17) is 9.84 Å². The van der Waals surface area contributed by atoms with Crippen molar-refractivity contribution in [2.45, 2.75) is 6.42 Å². The zero-order valence-electron chi connectivity index (χ0n) is 11.8. The first kappa shape index (κ1) is 14.7. The van der Waals surface area contributed by atoms with Gasteiger partial charge in [-0.3, -0.25) is 4.79 Å². The van der Waals surface area contributed by atoms with Crippen molar-refractivity contribution in [3.05, 3.63) is 29.5 Å². The van der Waals surface area contributed by atoms with Gasteiger partial charge >= 0.3 is 6.09 Å². The summed E-state index contributed by atoms with van der Waals surface area (Å²) in [7, 11) is 3.12. The number of aromatic nitrogens is 1. The topological polar surface area (TPSA) is 103 Å². The average molecular weight is 291 g/mol. The molecule has 1 heterocycles. The number of rotatable bonds is 5. The lowest BCUT2D eigenvalue weighted by Crippen LogP contribution is -2.25. The van der Waals surface area contributed by atoms with Gasteiger partial charge in [0.2, 0.25) is 0 Å². The van der Waals surface area contributed by atoms with E-state index in [-0.39, 0.29) is 12.5 Å². The smallest absolute Gasteiger partial charge is 0.404 e. The zero-order valence-corrected chi connectivity index (χ0v) is 11.8. The first-order chi connectivity index (χ1) is 10.1. The number of carboxylic acid groups (broad SMARTS) is 1. The summed E-state index contributed by atoms with van der Waals surface area (Å²) in [5, 5.41) is 14.4. The number of hydrogen-bond donors (Lipinski definition) is 4. The molecule has 2 rings (SSSR count). The quantitative estimate of drug-likeness (QED) is 0.667. The maximum atomic E-state index is 11.9. The van der Waals surface area contributed by atoms with Crippen LogP contribution in [0.1, 0.15) is 16.1 Å². The van der Waals surface area contributed by atoms with Crippen LogP contribution in [0.3, 0.4) is 0 Å². The predicted octanol–water partition coefficient (Wildman–Crippen LogP) is 1.35. The van der Waals surface area contributed by atoms with Crippen LogP contribution in [0.5, 0.6) is 5.75 Å². The lowest BCUT2D eigenvalue weighted by atomic mass is 10.1. The van der Waals surface area contributed by atoms with Crippen molar-refractivity contribution in [2.24, 2.45) is 0 Å². The van der Waals surface area contributed by atoms with Crippen molar-refractivity contribution in [1.29, 1.82) is 0 Å². The Hall–Kier alpha value is -2.70. The number of amides is 2. The number of carbonyl (C=O) groups excluding carboxylic acids is 1. The van der Waals surface area contributed by atoms with E-state index in [1.54, 1.807) is 20.2 Å². The molecule has 4 N–H and O–H groups in total. The largest absolute Gasteiger partial charge is 0.497 e. The van der Waals surface area contributed by atoms with Gasteiger partial charge in [-0.1, -0.05) is 0 Å². The van der Waals surface area contributed by atoms with Gasteiger partial charge in [-0.05, 0) is 30.2 Å². The molecule has 0 spiro atoms. The molecule has 2 aromatic rings. The minimum absolute atomic E-state index is 0.226. The van der Waals surface area contributed by atoms with Crippen LogP contribution in [0.25, 0.3) is 10.9 Å². The number of H-pyrrole nitrogens is 1. The summed E-state index contributed by atoms with van der Waals surface area (Å²) in [5.74, 6) is 0.438. The number of hydrogen-bond acceptors (Lipinski definition) is 3. The first-order valence-corrected chi connectivity index (χ1v) is 6.44. The third-order valence-electron chi connectivity index (χ3n) is 3.22. The summed E-state index contributed by atoms with van der Waals surface area (Å²) in [5.41, 5.74) is 2.00. The SMILES string of the molecule is CNC(=O)c1[nH]c2ccc(OC)cc2c1CCNC(=O)O. The summed E-state index contributed by atoms with van der Waals surface area (Å²) < 4.78 is 5.19. The number of fused-ring (bicyclic) bond motifs is 1. The van der Waals surface area contributed by atoms with Gasteiger partial charge < -0.3 is 25.5 Å². The van der Waals surface area contributed by atoms with Crippen LogP contribution in [0.4, 0.5) is 4.79 Å². The molecule has 1 aromatic carbocycles. The molecule has 0 aliphatic heterocycles. The van der Waals surface area contributed by atoms with Crippen molar-refractivity contribution in [1.82, 2.24) is 15.6 Å². The maximum Gasteiger partial charge on any atom is 0.404 e. The molecular weight excluding hydrogens is 274 g/mol. The van der Waals surface area contributed by atoms with Crippen molar-refractivity contribution in [2.75, 3.05) is 20.7 Å². The molecule has 7 nitrogen and oxygen atoms in total. The van der Waals surface area contributed by atoms with E-state index in [2.05, 4.69) is 15.6 Å². The molecule has 21 heavy (non-hydrogen) atoms. The van der Waals surface area contributed by atoms with Crippen LogP contribution in [-0.4, -0.2) is 42.8 Å². The van der Waals surface area contributed by atoms with Crippen LogP contribution < -0.4 is 15.4 Å². The standard InChI is InChI=1S/C14H17N3O4/c1-15-13(18)12-9(5-6-16-14(19)20)10-7-8(21-2)3-4-11(10)17-12/h3-4,7,16-17H,5-6H2,1-2H3,(H,15,18)(H,19,20). The highest BCUT2D eigenvalue weighted by Gasteiger charge is 2.17. The van der Waals surface area contributed by atoms with E-state index in [1.807, 2.05) is 12.1 Å². The van der Waals surface area contributed by atoms with Gasteiger partial charge in [0.15, 0.2) is 0 Å². The van der Waals surface area contributed by atoms with Crippen LogP contribution in [0.15, 0.2) is 18.2 Å². The number of aromatic amines is 1. The van der Waals surface area contributed by atoms with Crippen molar-refractivity contribution in [3.8, 4) is 5.75 Å². The predicted molar refractivity (Wildman–Crippen MR) is 78.0 cm³/mol. The number of ether oxygens (including phenoxy) is 1. The molecule has 0 fully saturated rings. The molecule has 7 heteroatoms. The molecule has 0 atom stereocenters. The van der Waals surface area contributed by atoms with Gasteiger partial charge in [0.05, 0.1) is 7.11 Å². The Morgan fingerprint density at radius 1 is 1.38 bits per heavy atom. The molecular formula is C14H17N3O4. The van der Waals surface area contributed by atoms with Crippen LogP contribution in [0.2, 0.25) is 0 Å². The Bertz CT molecular complexity index is 678. The molecule has 0 unspecified atom stereocenters. The van der Waals surface area contributed by atoms with Crippen LogP contribution in [-0.2, 0) is 6.42 Å². The summed E-state index contributed by atoms with van der Waals surface area (Å²) in [6.45, 7) is 0.226. The van der Waals surface area contributed by atoms with E-state index < -0.39 is 6.09 Å². The minimum atomic E-state index is -1.09. The molecule has 112 valence electrons. The van der Waals surface area contributed by atoms with Gasteiger partial charge in [0.25, 0.3) is 5.91 Å². The number of methoxy groups -OCH3 is 1. The Kier molecular flexibility index (Phi) is 4.32. The van der Waals surface area contributed by atoms with Crippen molar-refractivity contribution < 1.29 is 19.4 Å². The van der Waals surface area contributed by atoms with Crippen LogP contribution >= 0.6 is 0 Å². The second-order valence-electron chi connectivity index (χ2n) is 4.45. The summed E-state index contributed by atoms with van der Waals surface area (Å²) in [6.07, 6.45) is -0.684. The number of carbonyl (C=O) groups is 2. The van der Waals surface area contributed by atoms with E-state index in [9.17, 15) is 9.59 Å². The number of benzene rings is 1. The Morgan fingerprint density at radius 3 is 2.76 bits per heavy atom. The molecule has 0 radical (unpaired) electrons. The van der Waals surface area contributed by atoms with Crippen LogP contribution in [0, 0.1) is 0 Å². The van der Waals surface area contributed by atoms with E-state index in [0.29, 0.717) is 17.9 Å². The Labute approximate surface area is 121 Å². The second kappa shape index (κ2) is 6.17. The van der Waals surface area contributed by atoms with Gasteiger partial charge in [0, 0.05) is 24.5 Å². The van der Waals surface area contributed by atoms with Gasteiger partial charge in [0.1, 0.15) is 11.4 Å². The lowest BCUT2D eigenvalue weighted by molar-refractivity contribution is 0.0958. The minimum Gasteiger partial charge on any atom is -0.497 e. The van der Waals surface area contributed by atoms with Gasteiger partial charge in [-0.2, -0.15) is 0 Å². The number of nitrogens with one attached hydrogen (secondary N) is 3. The molecule has 0 aliphatic rings. The Morgan fingerprint density at radius 2 is 2.14 bits per heavy atom. The average Bonchev–Trinajstić information content (AvgIpc) is 2.84. The normalized spacial score (nSPS) is 10.4. The fraction of sp³-hybridized carbons (Fsp3) is 0.286. The van der Waals surface area contributed by atoms with Crippen molar-refractivity contribution >= 4 is 22.9 Å². The molecule has 0 aliphatic carbocycles. The van der Waals surface area contributed by atoms with E-state index >= 15 is 0 Å². The molecule has 0 saturated carbocycles. The summed E-state index contributed by atoms with van der Waals surface area (Å²) >= 11 is 0. The first-order valence-electron chi connectivity index (χ1n) is 6.44. The monoisotopic (exact) mass is 291 g/mol. The van der Waals surface area contributed by atoms with Crippen molar-refractivity contribution in [3.63, 3.8) is 0 Å². The highest BCUT2D eigenvalue weighted by molar-refractivity contribution is 6.01. The highest BCUT2D eigenvalue weighted by atomic mass is 16.5. The maximum absolute atomic E-state index is 11.9. The van der Waals surface area contributed by atoms with E-state index in [0.717, 1.165) is 16.5 Å². The Balaban J connectivity index is 2.44. The van der Waals surface area contributed by atoms with Gasteiger partial charge in [-0.25, -0.2) is 4.79 Å². The summed E-state index contributed by atoms with van der Waals surface area (Å²) in [6, 6.07) is 5.45. The molecule has 1 aromatic heterocycles.